The van der Waals surface area contributed by atoms with Crippen molar-refractivity contribution in [3.63, 3.8) is 0 Å². The molecule has 0 unspecified atom stereocenters. The van der Waals surface area contributed by atoms with Crippen LogP contribution in [0.15, 0.2) is 91.4 Å². The van der Waals surface area contributed by atoms with Gasteiger partial charge in [0, 0.05) is 58.0 Å². The maximum absolute atomic E-state index is 12.8. The smallest absolute Gasteiger partial charge is 0.255 e. The number of fused-ring (bicyclic) bond motifs is 1. The highest BCUT2D eigenvalue weighted by Crippen LogP contribution is 2.33. The summed E-state index contributed by atoms with van der Waals surface area (Å²) in [5.74, 6) is 0.466. The largest absolute Gasteiger partial charge is 0.496 e. The van der Waals surface area contributed by atoms with E-state index in [-0.39, 0.29) is 5.91 Å². The van der Waals surface area contributed by atoms with Gasteiger partial charge in [0.1, 0.15) is 11.4 Å². The highest BCUT2D eigenvalue weighted by atomic mass is 16.5. The summed E-state index contributed by atoms with van der Waals surface area (Å²) in [5.41, 5.74) is 5.73. The van der Waals surface area contributed by atoms with Crippen LogP contribution in [0.3, 0.4) is 0 Å². The third-order valence-electron chi connectivity index (χ3n) is 5.28. The molecule has 156 valence electrons. The van der Waals surface area contributed by atoms with Crippen LogP contribution in [0.25, 0.3) is 33.4 Å². The van der Waals surface area contributed by atoms with Gasteiger partial charge in [0.15, 0.2) is 0 Å². The summed E-state index contributed by atoms with van der Waals surface area (Å²) in [7, 11) is 1.61. The standard InChI is InChI=1S/C26H20N4O2/c1-32-24-15-21(9-10-22(24)20-14-19-11-13-28-25(19)29-16-20)30-26(31)18-7-5-17(6-8-18)23-4-2-3-12-27-23/h2-16H,1H3,(H,28,29)(H,30,31). The predicted molar refractivity (Wildman–Crippen MR) is 126 cm³/mol. The Morgan fingerprint density at radius 3 is 2.59 bits per heavy atom. The van der Waals surface area contributed by atoms with E-state index in [1.165, 1.54) is 0 Å². The number of hydrogen-bond acceptors (Lipinski definition) is 4. The zero-order valence-electron chi connectivity index (χ0n) is 17.4. The maximum atomic E-state index is 12.8. The van der Waals surface area contributed by atoms with E-state index in [0.29, 0.717) is 17.0 Å². The second kappa shape index (κ2) is 8.35. The molecule has 5 rings (SSSR count). The topological polar surface area (TPSA) is 79.9 Å². The van der Waals surface area contributed by atoms with Gasteiger partial charge in [-0.25, -0.2) is 4.98 Å². The van der Waals surface area contributed by atoms with Crippen LogP contribution in [-0.4, -0.2) is 28.0 Å². The molecule has 0 bridgehead atoms. The normalized spacial score (nSPS) is 10.8. The van der Waals surface area contributed by atoms with Crippen molar-refractivity contribution in [2.45, 2.75) is 0 Å². The van der Waals surface area contributed by atoms with Crippen LogP contribution in [0.4, 0.5) is 5.69 Å². The Morgan fingerprint density at radius 1 is 0.938 bits per heavy atom. The van der Waals surface area contributed by atoms with Crippen molar-refractivity contribution in [3.8, 4) is 28.1 Å². The highest BCUT2D eigenvalue weighted by molar-refractivity contribution is 6.04. The SMILES string of the molecule is COc1cc(NC(=O)c2ccc(-c3ccccn3)cc2)ccc1-c1cnc2[nH]ccc2c1. The minimum atomic E-state index is -0.192. The summed E-state index contributed by atoms with van der Waals surface area (Å²) in [5, 5.41) is 3.97. The molecule has 0 aliphatic rings. The molecule has 3 aromatic heterocycles. The molecule has 0 saturated heterocycles. The summed E-state index contributed by atoms with van der Waals surface area (Å²) < 4.78 is 5.59. The summed E-state index contributed by atoms with van der Waals surface area (Å²) in [6.07, 6.45) is 5.41. The monoisotopic (exact) mass is 420 g/mol. The molecule has 5 aromatic rings. The molecule has 2 aromatic carbocycles. The van der Waals surface area contributed by atoms with Crippen LogP contribution < -0.4 is 10.1 Å². The molecular formula is C26H20N4O2. The lowest BCUT2D eigenvalue weighted by molar-refractivity contribution is 0.102. The van der Waals surface area contributed by atoms with Crippen molar-refractivity contribution < 1.29 is 9.53 Å². The Balaban J connectivity index is 1.36. The molecule has 0 fully saturated rings. The van der Waals surface area contributed by atoms with E-state index in [4.69, 9.17) is 4.74 Å². The van der Waals surface area contributed by atoms with E-state index in [2.05, 4.69) is 26.3 Å². The molecule has 0 aliphatic heterocycles. The number of methoxy groups -OCH3 is 1. The van der Waals surface area contributed by atoms with Gasteiger partial charge in [0.05, 0.1) is 12.8 Å². The molecule has 2 N–H and O–H groups in total. The first kappa shape index (κ1) is 19.5. The molecule has 32 heavy (non-hydrogen) atoms. The van der Waals surface area contributed by atoms with Gasteiger partial charge in [-0.05, 0) is 48.5 Å². The van der Waals surface area contributed by atoms with Gasteiger partial charge in [-0.1, -0.05) is 18.2 Å². The fourth-order valence-electron chi connectivity index (χ4n) is 3.62. The Labute approximate surface area is 184 Å². The number of hydrogen-bond donors (Lipinski definition) is 2. The first-order valence-corrected chi connectivity index (χ1v) is 10.2. The first-order valence-electron chi connectivity index (χ1n) is 10.2. The molecule has 0 aliphatic carbocycles. The van der Waals surface area contributed by atoms with Crippen LogP contribution in [0.5, 0.6) is 5.75 Å². The number of amides is 1. The van der Waals surface area contributed by atoms with Gasteiger partial charge in [-0.15, -0.1) is 0 Å². The minimum Gasteiger partial charge on any atom is -0.496 e. The number of H-pyrrole nitrogens is 1. The van der Waals surface area contributed by atoms with Gasteiger partial charge in [-0.3, -0.25) is 9.78 Å². The Kier molecular flexibility index (Phi) is 5.09. The second-order valence-corrected chi connectivity index (χ2v) is 7.30. The minimum absolute atomic E-state index is 0.192. The Morgan fingerprint density at radius 2 is 1.81 bits per heavy atom. The second-order valence-electron chi connectivity index (χ2n) is 7.30. The molecule has 0 spiro atoms. The molecule has 6 nitrogen and oxygen atoms in total. The number of nitrogens with one attached hydrogen (secondary N) is 2. The van der Waals surface area contributed by atoms with Crippen molar-refractivity contribution in [2.24, 2.45) is 0 Å². The lowest BCUT2D eigenvalue weighted by atomic mass is 10.0. The number of carbonyl (C=O) groups excluding carboxylic acids is 1. The van der Waals surface area contributed by atoms with Crippen LogP contribution in [0.1, 0.15) is 10.4 Å². The number of carbonyl (C=O) groups is 1. The summed E-state index contributed by atoms with van der Waals surface area (Å²) in [6.45, 7) is 0. The lowest BCUT2D eigenvalue weighted by Crippen LogP contribution is -2.11. The molecular weight excluding hydrogens is 400 g/mol. The fraction of sp³-hybridized carbons (Fsp3) is 0.0385. The van der Waals surface area contributed by atoms with Crippen LogP contribution in [-0.2, 0) is 0 Å². The summed E-state index contributed by atoms with van der Waals surface area (Å²) >= 11 is 0. The quantitative estimate of drug-likeness (QED) is 0.390. The van der Waals surface area contributed by atoms with E-state index in [1.54, 1.807) is 31.6 Å². The average Bonchev–Trinajstić information content (AvgIpc) is 3.32. The number of aromatic nitrogens is 3. The van der Waals surface area contributed by atoms with Gasteiger partial charge < -0.3 is 15.0 Å². The molecule has 6 heteroatoms. The van der Waals surface area contributed by atoms with E-state index < -0.39 is 0 Å². The van der Waals surface area contributed by atoms with Crippen molar-refractivity contribution in [3.05, 3.63) is 97.0 Å². The number of anilines is 1. The van der Waals surface area contributed by atoms with Crippen LogP contribution in [0.2, 0.25) is 0 Å². The van der Waals surface area contributed by atoms with Crippen molar-refractivity contribution in [1.82, 2.24) is 15.0 Å². The third kappa shape index (κ3) is 3.81. The van der Waals surface area contributed by atoms with Crippen molar-refractivity contribution in [2.75, 3.05) is 12.4 Å². The van der Waals surface area contributed by atoms with Crippen LogP contribution in [0, 0.1) is 0 Å². The van der Waals surface area contributed by atoms with Gasteiger partial charge >= 0.3 is 0 Å². The number of pyridine rings is 2. The van der Waals surface area contributed by atoms with Gasteiger partial charge in [0.2, 0.25) is 0 Å². The number of ether oxygens (including phenoxy) is 1. The third-order valence-corrected chi connectivity index (χ3v) is 5.28. The molecule has 3 heterocycles. The van der Waals surface area contributed by atoms with Gasteiger partial charge in [-0.2, -0.15) is 0 Å². The number of aromatic amines is 1. The number of rotatable bonds is 5. The zero-order chi connectivity index (χ0) is 21.9. The average molecular weight is 420 g/mol. The zero-order valence-corrected chi connectivity index (χ0v) is 17.4. The van der Waals surface area contributed by atoms with Crippen molar-refractivity contribution in [1.29, 1.82) is 0 Å². The summed E-state index contributed by atoms with van der Waals surface area (Å²) in [6, 6.07) is 22.8. The number of nitrogens with zero attached hydrogens (tertiary/aromatic N) is 2. The maximum Gasteiger partial charge on any atom is 0.255 e. The van der Waals surface area contributed by atoms with Crippen LogP contribution >= 0.6 is 0 Å². The molecule has 0 saturated carbocycles. The van der Waals surface area contributed by atoms with E-state index in [0.717, 1.165) is 33.4 Å². The van der Waals surface area contributed by atoms with Gasteiger partial charge in [0.25, 0.3) is 5.91 Å². The number of benzene rings is 2. The first-order chi connectivity index (χ1) is 15.7. The predicted octanol–water partition coefficient (Wildman–Crippen LogP) is 5.55. The lowest BCUT2D eigenvalue weighted by Gasteiger charge is -2.12. The summed E-state index contributed by atoms with van der Waals surface area (Å²) in [4.78, 5) is 24.6. The van der Waals surface area contributed by atoms with Crippen molar-refractivity contribution >= 4 is 22.6 Å². The van der Waals surface area contributed by atoms with E-state index in [1.807, 2.05) is 60.8 Å². The van der Waals surface area contributed by atoms with E-state index in [9.17, 15) is 4.79 Å². The molecule has 1 amide bonds. The Hall–Kier alpha value is -4.45. The Bertz CT molecular complexity index is 1390. The van der Waals surface area contributed by atoms with E-state index >= 15 is 0 Å². The molecule has 0 radical (unpaired) electrons. The fourth-order valence-corrected chi connectivity index (χ4v) is 3.62. The molecule has 0 atom stereocenters. The highest BCUT2D eigenvalue weighted by Gasteiger charge is 2.12.